The Kier molecular flexibility index (Phi) is 5.57. The fourth-order valence-corrected chi connectivity index (χ4v) is 3.15. The molecule has 0 radical (unpaired) electrons. The largest absolute Gasteiger partial charge is 0.618 e. The van der Waals surface area contributed by atoms with Crippen molar-refractivity contribution in [2.75, 3.05) is 19.0 Å². The maximum atomic E-state index is 12.5. The fraction of sp³-hybridized carbons (Fsp3) is 0.0833. The van der Waals surface area contributed by atoms with Gasteiger partial charge in [0.15, 0.2) is 0 Å². The maximum Gasteiger partial charge on any atom is 0.250 e. The van der Waals surface area contributed by atoms with Gasteiger partial charge in [-0.15, -0.1) is 5.10 Å². The van der Waals surface area contributed by atoms with E-state index in [1.165, 1.54) is 0 Å². The summed E-state index contributed by atoms with van der Waals surface area (Å²) in [6.45, 7) is 0. The first-order valence-corrected chi connectivity index (χ1v) is 9.72. The van der Waals surface area contributed by atoms with Crippen LogP contribution in [-0.4, -0.2) is 45.8 Å². The highest BCUT2D eigenvalue weighted by Gasteiger charge is 2.12. The minimum atomic E-state index is -0.375. The van der Waals surface area contributed by atoms with Gasteiger partial charge in [-0.25, -0.2) is 4.68 Å². The second kappa shape index (κ2) is 8.62. The molecule has 0 amide bonds. The Morgan fingerprint density at radius 1 is 0.968 bits per heavy atom. The van der Waals surface area contributed by atoms with Crippen molar-refractivity contribution >= 4 is 23.4 Å². The summed E-state index contributed by atoms with van der Waals surface area (Å²) in [6.07, 6.45) is 2.74. The van der Waals surface area contributed by atoms with Crippen molar-refractivity contribution in [1.82, 2.24) is 15.0 Å². The number of hydrogen-bond donors (Lipinski definition) is 0. The Morgan fingerprint density at radius 2 is 1.65 bits per heavy atom. The molecule has 154 valence electrons. The van der Waals surface area contributed by atoms with E-state index in [1.807, 2.05) is 61.5 Å². The molecule has 0 aliphatic rings. The van der Waals surface area contributed by atoms with Gasteiger partial charge in [-0.05, 0) is 36.4 Å². The first-order valence-electron chi connectivity index (χ1n) is 9.72. The molecule has 0 bridgehead atoms. The number of Topliss-reactive ketones (excluding diaryl/α,β-unsaturated/α-hetero) is 1. The first-order chi connectivity index (χ1) is 15.0. The molecule has 0 saturated carbocycles. The lowest BCUT2D eigenvalue weighted by Crippen LogP contribution is -2.10. The molecule has 0 unspecified atom stereocenters. The van der Waals surface area contributed by atoms with Gasteiger partial charge < -0.3 is 10.1 Å². The van der Waals surface area contributed by atoms with Gasteiger partial charge in [0.2, 0.25) is 17.7 Å². The third kappa shape index (κ3) is 4.35. The standard InChI is InChI=1S/C24H21N5O2/c1-27(2)20-12-14-21(15-13-20)28(31)17-24(30)19-8-10-22(11-9-19)29-23(16-25-26-29)18-6-4-3-5-7-18/h3-17H,1-2H3/b28-17-. The van der Waals surface area contributed by atoms with Crippen LogP contribution in [0.4, 0.5) is 11.4 Å². The minimum absolute atomic E-state index is 0.375. The zero-order chi connectivity index (χ0) is 21.8. The lowest BCUT2D eigenvalue weighted by atomic mass is 10.1. The SMILES string of the molecule is CN(C)c1ccc(/[N+]([O-])=C/C(=O)c2ccc(-n3nncc3-c3ccccc3)cc2)cc1. The number of benzene rings is 3. The third-order valence-corrected chi connectivity index (χ3v) is 4.87. The molecule has 0 atom stereocenters. The van der Waals surface area contributed by atoms with Crippen molar-refractivity contribution in [1.29, 1.82) is 0 Å². The van der Waals surface area contributed by atoms with Gasteiger partial charge in [0.1, 0.15) is 0 Å². The number of ketones is 1. The van der Waals surface area contributed by atoms with Gasteiger partial charge in [0, 0.05) is 43.0 Å². The number of carbonyl (C=O) groups is 1. The lowest BCUT2D eigenvalue weighted by Gasteiger charge is -2.12. The molecule has 0 N–H and O–H groups in total. The lowest BCUT2D eigenvalue weighted by molar-refractivity contribution is -0.353. The third-order valence-electron chi connectivity index (χ3n) is 4.87. The van der Waals surface area contributed by atoms with Crippen molar-refractivity contribution in [3.63, 3.8) is 0 Å². The molecule has 3 aromatic carbocycles. The van der Waals surface area contributed by atoms with Crippen molar-refractivity contribution in [2.24, 2.45) is 0 Å². The zero-order valence-electron chi connectivity index (χ0n) is 17.2. The molecule has 4 aromatic rings. The number of rotatable bonds is 6. The molecule has 7 nitrogen and oxygen atoms in total. The average molecular weight is 411 g/mol. The van der Waals surface area contributed by atoms with Gasteiger partial charge in [-0.3, -0.25) is 4.79 Å². The first kappa shape index (κ1) is 20.0. The molecule has 0 fully saturated rings. The maximum absolute atomic E-state index is 12.5. The van der Waals surface area contributed by atoms with Crippen LogP contribution >= 0.6 is 0 Å². The van der Waals surface area contributed by atoms with Gasteiger partial charge in [-0.1, -0.05) is 35.5 Å². The van der Waals surface area contributed by atoms with Crippen LogP contribution in [0.25, 0.3) is 16.9 Å². The molecule has 1 heterocycles. The number of aromatic nitrogens is 3. The van der Waals surface area contributed by atoms with Crippen LogP contribution in [0.15, 0.2) is 85.1 Å². The molecule has 0 spiro atoms. The molecule has 1 aromatic heterocycles. The van der Waals surface area contributed by atoms with E-state index in [0.717, 1.165) is 28.8 Å². The molecule has 7 heteroatoms. The summed E-state index contributed by atoms with van der Waals surface area (Å²) >= 11 is 0. The summed E-state index contributed by atoms with van der Waals surface area (Å²) in [5.74, 6) is -0.375. The van der Waals surface area contributed by atoms with Crippen LogP contribution in [0.1, 0.15) is 10.4 Å². The van der Waals surface area contributed by atoms with Gasteiger partial charge in [0.05, 0.1) is 17.6 Å². The normalized spacial score (nSPS) is 11.4. The van der Waals surface area contributed by atoms with Crippen LogP contribution in [0.5, 0.6) is 0 Å². The molecule has 4 rings (SSSR count). The van der Waals surface area contributed by atoms with E-state index in [4.69, 9.17) is 0 Å². The molecule has 0 aliphatic carbocycles. The zero-order valence-corrected chi connectivity index (χ0v) is 17.2. The van der Waals surface area contributed by atoms with Crippen molar-refractivity contribution in [3.8, 4) is 16.9 Å². The van der Waals surface area contributed by atoms with Crippen LogP contribution < -0.4 is 4.90 Å². The van der Waals surface area contributed by atoms with E-state index in [1.54, 1.807) is 47.3 Å². The van der Waals surface area contributed by atoms with E-state index >= 15 is 0 Å². The summed E-state index contributed by atoms with van der Waals surface area (Å²) < 4.78 is 2.29. The molecular weight excluding hydrogens is 390 g/mol. The summed E-state index contributed by atoms with van der Waals surface area (Å²) in [5, 5.41) is 20.5. The van der Waals surface area contributed by atoms with E-state index in [-0.39, 0.29) is 5.78 Å². The fourth-order valence-electron chi connectivity index (χ4n) is 3.15. The Hall–Kier alpha value is -4.26. The van der Waals surface area contributed by atoms with E-state index < -0.39 is 0 Å². The van der Waals surface area contributed by atoms with Gasteiger partial charge in [-0.2, -0.15) is 4.74 Å². The predicted octanol–water partition coefficient (Wildman–Crippen LogP) is 4.10. The van der Waals surface area contributed by atoms with Crippen LogP contribution in [0.2, 0.25) is 0 Å². The summed E-state index contributed by atoms with van der Waals surface area (Å²) in [6, 6.07) is 23.8. The Balaban J connectivity index is 1.54. The van der Waals surface area contributed by atoms with Crippen LogP contribution in [0, 0.1) is 5.21 Å². The predicted molar refractivity (Wildman–Crippen MR) is 121 cm³/mol. The quantitative estimate of drug-likeness (QED) is 0.157. The number of nitrogens with zero attached hydrogens (tertiary/aromatic N) is 5. The Morgan fingerprint density at radius 3 is 2.29 bits per heavy atom. The molecule has 0 aliphatic heterocycles. The van der Waals surface area contributed by atoms with Crippen molar-refractivity contribution < 1.29 is 9.53 Å². The molecule has 31 heavy (non-hydrogen) atoms. The van der Waals surface area contributed by atoms with Gasteiger partial charge >= 0.3 is 0 Å². The monoisotopic (exact) mass is 411 g/mol. The Bertz CT molecular complexity index is 1210. The second-order valence-corrected chi connectivity index (χ2v) is 7.17. The van der Waals surface area contributed by atoms with Crippen LogP contribution in [0.3, 0.4) is 0 Å². The van der Waals surface area contributed by atoms with E-state index in [2.05, 4.69) is 10.3 Å². The van der Waals surface area contributed by atoms with Crippen LogP contribution in [-0.2, 0) is 0 Å². The van der Waals surface area contributed by atoms with Crippen molar-refractivity contribution in [3.05, 3.63) is 95.8 Å². The average Bonchev–Trinajstić information content (AvgIpc) is 3.30. The number of carbonyl (C=O) groups excluding carboxylic acids is 1. The number of hydrogen-bond acceptors (Lipinski definition) is 5. The summed E-state index contributed by atoms with van der Waals surface area (Å²) in [5.41, 5.74) is 4.39. The summed E-state index contributed by atoms with van der Waals surface area (Å²) in [4.78, 5) is 14.5. The second-order valence-electron chi connectivity index (χ2n) is 7.17. The number of anilines is 1. The smallest absolute Gasteiger partial charge is 0.250 e. The van der Waals surface area contributed by atoms with E-state index in [0.29, 0.717) is 16.0 Å². The topological polar surface area (TPSA) is 77.1 Å². The van der Waals surface area contributed by atoms with Gasteiger partial charge in [0.25, 0.3) is 0 Å². The van der Waals surface area contributed by atoms with E-state index in [9.17, 15) is 10.0 Å². The Labute approximate surface area is 180 Å². The highest BCUT2D eigenvalue weighted by molar-refractivity contribution is 6.33. The molecular formula is C24H21N5O2. The minimum Gasteiger partial charge on any atom is -0.618 e. The summed E-state index contributed by atoms with van der Waals surface area (Å²) in [7, 11) is 3.84. The van der Waals surface area contributed by atoms with Crippen molar-refractivity contribution in [2.45, 2.75) is 0 Å². The highest BCUT2D eigenvalue weighted by Crippen LogP contribution is 2.21. The highest BCUT2D eigenvalue weighted by atomic mass is 16.5. The molecule has 0 saturated heterocycles.